The first-order valence-corrected chi connectivity index (χ1v) is 10.2. The fourth-order valence-electron chi connectivity index (χ4n) is 3.49. The minimum Gasteiger partial charge on any atom is -0.369 e. The van der Waals surface area contributed by atoms with Crippen molar-refractivity contribution in [1.82, 2.24) is 24.1 Å². The maximum absolute atomic E-state index is 13.0. The summed E-state index contributed by atoms with van der Waals surface area (Å²) < 4.78 is 3.48. The number of hydrogen-bond donors (Lipinski definition) is 1. The minimum absolute atomic E-state index is 0.00214. The van der Waals surface area contributed by atoms with Gasteiger partial charge in [0, 0.05) is 22.8 Å². The standard InChI is InChI=1S/C20H22N6OS/c1-4-7-14-10-17-23-24-20(26(17)19(21)22-14)28-11-18(27)25-13(3)12(2)15-8-5-6-9-16(15)25/h5-6,8-10H,4,7,11H2,1-3H3,(H2,21,22). The van der Waals surface area contributed by atoms with Crippen LogP contribution in [0.1, 0.15) is 35.1 Å². The van der Waals surface area contributed by atoms with Crippen molar-refractivity contribution in [3.63, 3.8) is 0 Å². The van der Waals surface area contributed by atoms with Crippen LogP contribution in [0.25, 0.3) is 16.6 Å². The lowest BCUT2D eigenvalue weighted by molar-refractivity contribution is 0.0945. The van der Waals surface area contributed by atoms with Gasteiger partial charge >= 0.3 is 0 Å². The average molecular weight is 395 g/mol. The van der Waals surface area contributed by atoms with Crippen molar-refractivity contribution in [2.24, 2.45) is 0 Å². The molecule has 1 aromatic carbocycles. The van der Waals surface area contributed by atoms with Crippen LogP contribution in [0.2, 0.25) is 0 Å². The van der Waals surface area contributed by atoms with E-state index >= 15 is 0 Å². The van der Waals surface area contributed by atoms with Gasteiger partial charge in [-0.25, -0.2) is 9.38 Å². The largest absolute Gasteiger partial charge is 0.369 e. The average Bonchev–Trinajstić information content (AvgIpc) is 3.20. The Balaban J connectivity index is 1.62. The van der Waals surface area contributed by atoms with Crippen LogP contribution in [0.3, 0.4) is 0 Å². The summed E-state index contributed by atoms with van der Waals surface area (Å²) in [5, 5.41) is 10.1. The van der Waals surface area contributed by atoms with Crippen LogP contribution in [0, 0.1) is 13.8 Å². The Hall–Kier alpha value is -2.87. The van der Waals surface area contributed by atoms with Gasteiger partial charge in [-0.2, -0.15) is 0 Å². The first kappa shape index (κ1) is 18.5. The van der Waals surface area contributed by atoms with Crippen molar-refractivity contribution < 1.29 is 4.79 Å². The molecule has 2 N–H and O–H groups in total. The van der Waals surface area contributed by atoms with Gasteiger partial charge in [-0.15, -0.1) is 10.2 Å². The summed E-state index contributed by atoms with van der Waals surface area (Å²) in [6.07, 6.45) is 1.82. The van der Waals surface area contributed by atoms with Gasteiger partial charge in [0.25, 0.3) is 0 Å². The molecule has 0 saturated heterocycles. The Morgan fingerprint density at radius 1 is 1.21 bits per heavy atom. The molecule has 0 atom stereocenters. The molecule has 0 aliphatic heterocycles. The Morgan fingerprint density at radius 3 is 2.79 bits per heavy atom. The van der Waals surface area contributed by atoms with Crippen LogP contribution in [0.5, 0.6) is 0 Å². The molecule has 8 heteroatoms. The molecule has 4 rings (SSSR count). The normalized spacial score (nSPS) is 11.5. The first-order valence-electron chi connectivity index (χ1n) is 9.24. The van der Waals surface area contributed by atoms with Crippen LogP contribution in [0.4, 0.5) is 5.95 Å². The van der Waals surface area contributed by atoms with Crippen LogP contribution >= 0.6 is 11.8 Å². The molecule has 0 radical (unpaired) electrons. The number of anilines is 1. The number of nitrogen functional groups attached to an aromatic ring is 1. The summed E-state index contributed by atoms with van der Waals surface area (Å²) in [6.45, 7) is 6.11. The zero-order chi connectivity index (χ0) is 19.8. The fraction of sp³-hybridized carbons (Fsp3) is 0.300. The number of rotatable bonds is 5. The van der Waals surface area contributed by atoms with E-state index in [2.05, 4.69) is 22.1 Å². The van der Waals surface area contributed by atoms with Gasteiger partial charge in [0.1, 0.15) is 0 Å². The number of thioether (sulfide) groups is 1. The number of aromatic nitrogens is 5. The number of carbonyl (C=O) groups excluding carboxylic acids is 1. The highest BCUT2D eigenvalue weighted by molar-refractivity contribution is 7.99. The Labute approximate surface area is 167 Å². The number of aryl methyl sites for hydroxylation is 2. The number of para-hydroxylation sites is 1. The quantitative estimate of drug-likeness (QED) is 0.520. The second-order valence-corrected chi connectivity index (χ2v) is 7.72. The molecule has 0 saturated carbocycles. The highest BCUT2D eigenvalue weighted by Crippen LogP contribution is 2.26. The van der Waals surface area contributed by atoms with Crippen molar-refractivity contribution in [2.45, 2.75) is 38.8 Å². The van der Waals surface area contributed by atoms with Crippen molar-refractivity contribution in [3.05, 3.63) is 47.3 Å². The predicted octanol–water partition coefficient (Wildman–Crippen LogP) is 3.66. The van der Waals surface area contributed by atoms with E-state index in [1.807, 2.05) is 44.2 Å². The molecular weight excluding hydrogens is 372 g/mol. The van der Waals surface area contributed by atoms with E-state index < -0.39 is 0 Å². The molecule has 0 aliphatic carbocycles. The smallest absolute Gasteiger partial charge is 0.241 e. The number of nitrogens with zero attached hydrogens (tertiary/aromatic N) is 5. The Morgan fingerprint density at radius 2 is 2.00 bits per heavy atom. The second kappa shape index (κ2) is 7.27. The number of benzene rings is 1. The van der Waals surface area contributed by atoms with Gasteiger partial charge in [-0.3, -0.25) is 9.36 Å². The van der Waals surface area contributed by atoms with Gasteiger partial charge in [0.15, 0.2) is 10.8 Å². The monoisotopic (exact) mass is 394 g/mol. The molecule has 3 aromatic heterocycles. The molecule has 0 aliphatic rings. The van der Waals surface area contributed by atoms with E-state index in [4.69, 9.17) is 5.73 Å². The van der Waals surface area contributed by atoms with Gasteiger partial charge in [0.05, 0.1) is 11.3 Å². The molecule has 4 aromatic rings. The van der Waals surface area contributed by atoms with Crippen LogP contribution < -0.4 is 5.73 Å². The summed E-state index contributed by atoms with van der Waals surface area (Å²) >= 11 is 1.32. The molecule has 0 spiro atoms. The third kappa shape index (κ3) is 3.03. The van der Waals surface area contributed by atoms with Crippen molar-refractivity contribution in [3.8, 4) is 0 Å². The topological polar surface area (TPSA) is 91.1 Å². The number of hydrogen-bond acceptors (Lipinski definition) is 6. The molecule has 0 fully saturated rings. The van der Waals surface area contributed by atoms with Crippen molar-refractivity contribution >= 4 is 40.2 Å². The van der Waals surface area contributed by atoms with E-state index in [0.29, 0.717) is 16.8 Å². The molecule has 0 unspecified atom stereocenters. The second-order valence-electron chi connectivity index (χ2n) is 6.78. The lowest BCUT2D eigenvalue weighted by Gasteiger charge is -2.07. The van der Waals surface area contributed by atoms with E-state index in [1.54, 1.807) is 8.97 Å². The lowest BCUT2D eigenvalue weighted by atomic mass is 10.2. The van der Waals surface area contributed by atoms with E-state index in [1.165, 1.54) is 11.8 Å². The molecule has 28 heavy (non-hydrogen) atoms. The van der Waals surface area contributed by atoms with Crippen molar-refractivity contribution in [1.29, 1.82) is 0 Å². The van der Waals surface area contributed by atoms with E-state index in [9.17, 15) is 4.79 Å². The molecule has 7 nitrogen and oxygen atoms in total. The molecule has 0 bridgehead atoms. The summed E-state index contributed by atoms with van der Waals surface area (Å²) in [6, 6.07) is 9.85. The summed E-state index contributed by atoms with van der Waals surface area (Å²) in [4.78, 5) is 17.4. The Kier molecular flexibility index (Phi) is 4.80. The minimum atomic E-state index is -0.00214. The zero-order valence-corrected chi connectivity index (χ0v) is 17.0. The highest BCUT2D eigenvalue weighted by Gasteiger charge is 2.18. The summed E-state index contributed by atoms with van der Waals surface area (Å²) in [7, 11) is 0. The van der Waals surface area contributed by atoms with Gasteiger partial charge < -0.3 is 5.73 Å². The summed E-state index contributed by atoms with van der Waals surface area (Å²) in [5.41, 5.74) is 10.7. The maximum atomic E-state index is 13.0. The Bertz CT molecular complexity index is 1190. The molecular formula is C20H22N6OS. The van der Waals surface area contributed by atoms with Gasteiger partial charge in [0.2, 0.25) is 11.9 Å². The van der Waals surface area contributed by atoms with Gasteiger partial charge in [-0.05, 0) is 31.9 Å². The first-order chi connectivity index (χ1) is 13.5. The third-order valence-corrected chi connectivity index (χ3v) is 5.86. The van der Waals surface area contributed by atoms with Gasteiger partial charge in [-0.1, -0.05) is 43.3 Å². The summed E-state index contributed by atoms with van der Waals surface area (Å²) in [5.74, 6) is 0.577. The number of carbonyl (C=O) groups is 1. The predicted molar refractivity (Wildman–Crippen MR) is 112 cm³/mol. The number of fused-ring (bicyclic) bond motifs is 2. The SMILES string of the molecule is CCCc1cc2nnc(SCC(=O)n3c(C)c(C)c4ccccc43)n2c(N)n1. The zero-order valence-electron chi connectivity index (χ0n) is 16.1. The van der Waals surface area contributed by atoms with Crippen LogP contribution in [-0.4, -0.2) is 35.8 Å². The van der Waals surface area contributed by atoms with E-state index in [-0.39, 0.29) is 11.7 Å². The highest BCUT2D eigenvalue weighted by atomic mass is 32.2. The third-order valence-electron chi connectivity index (χ3n) is 4.95. The van der Waals surface area contributed by atoms with E-state index in [0.717, 1.165) is 40.7 Å². The molecule has 0 amide bonds. The van der Waals surface area contributed by atoms with Crippen molar-refractivity contribution in [2.75, 3.05) is 11.5 Å². The maximum Gasteiger partial charge on any atom is 0.241 e. The van der Waals surface area contributed by atoms with Crippen LogP contribution in [-0.2, 0) is 6.42 Å². The lowest BCUT2D eigenvalue weighted by Crippen LogP contribution is -2.15. The fourth-order valence-corrected chi connectivity index (χ4v) is 4.28. The van der Waals surface area contributed by atoms with Crippen LogP contribution in [0.15, 0.2) is 35.5 Å². The number of nitrogens with two attached hydrogens (primary N) is 1. The molecule has 144 valence electrons. The molecule has 3 heterocycles.